The highest BCUT2D eigenvalue weighted by atomic mass is 32.2. The van der Waals surface area contributed by atoms with E-state index in [1.165, 1.54) is 6.20 Å². The van der Waals surface area contributed by atoms with Crippen molar-refractivity contribution in [2.24, 2.45) is 5.41 Å². The Bertz CT molecular complexity index is 1700. The fraction of sp³-hybridized carbons (Fsp3) is 0.375. The van der Waals surface area contributed by atoms with E-state index in [0.29, 0.717) is 29.3 Å². The number of fused-ring (bicyclic) bond motifs is 1. The second-order valence-corrected chi connectivity index (χ2v) is 14.0. The highest BCUT2D eigenvalue weighted by molar-refractivity contribution is 7.91. The van der Waals surface area contributed by atoms with E-state index < -0.39 is 32.3 Å². The maximum atomic E-state index is 14.0. The zero-order valence-corrected chi connectivity index (χ0v) is 25.1. The van der Waals surface area contributed by atoms with Crippen LogP contribution in [0.5, 0.6) is 0 Å². The molecule has 0 radical (unpaired) electrons. The minimum absolute atomic E-state index is 0.00878. The largest absolute Gasteiger partial charge is 0.398 e. The summed E-state index contributed by atoms with van der Waals surface area (Å²) in [5, 5.41) is 7.68. The highest BCUT2D eigenvalue weighted by Gasteiger charge is 2.65. The number of nitrogens with zero attached hydrogens (tertiary/aromatic N) is 3. The predicted octanol–water partition coefficient (Wildman–Crippen LogP) is 5.50. The van der Waals surface area contributed by atoms with E-state index in [4.69, 9.17) is 0 Å². The fourth-order valence-electron chi connectivity index (χ4n) is 5.53. The van der Waals surface area contributed by atoms with Crippen molar-refractivity contribution in [3.63, 3.8) is 0 Å². The van der Waals surface area contributed by atoms with Gasteiger partial charge in [-0.15, -0.1) is 0 Å². The van der Waals surface area contributed by atoms with Crippen molar-refractivity contribution >= 4 is 32.4 Å². The minimum atomic E-state index is -4.45. The molecule has 1 aromatic heterocycles. The quantitative estimate of drug-likeness (QED) is 0.306. The number of hydrogen-bond donors (Lipinski definition) is 1. The smallest absolute Gasteiger partial charge is 0.351 e. The van der Waals surface area contributed by atoms with Crippen LogP contribution in [0.15, 0.2) is 85.1 Å². The number of benzene rings is 2. The maximum absolute atomic E-state index is 14.0. The number of allylic oxidation sites excluding steroid dienone is 4. The standard InChI is InChI=1S/C32H35F3N4O3S/c1-30(14-8-5-9-15-30)43(41,42)39-28-13-12-23(18-25(28)21-37-39)19-26(38(2)3)22-36-29(40)20-27(24-10-6-4-7-11-24)31(16-17-31)32(33,34)35/h4-14,18,20-21,26H,15-17,19,22H2,1-3H3,(H,36,40)/t26-,30+/m0/s1. The SMILES string of the molecule is CN(C)[C@H](CNC(=O)C=C(c1ccccc1)C1(C(F)(F)F)CC1)Cc1ccc2c(cnn2S(=O)(=O)[C@]2(C)C=CC=CC2)c1. The Hall–Kier alpha value is -3.70. The lowest BCUT2D eigenvalue weighted by Crippen LogP contribution is -2.41. The predicted molar refractivity (Wildman–Crippen MR) is 162 cm³/mol. The average Bonchev–Trinajstić information content (AvgIpc) is 3.67. The molecule has 43 heavy (non-hydrogen) atoms. The van der Waals surface area contributed by atoms with Gasteiger partial charge in [-0.3, -0.25) is 4.79 Å². The number of halogens is 3. The number of carbonyl (C=O) groups is 1. The van der Waals surface area contributed by atoms with Gasteiger partial charge in [0.15, 0.2) is 0 Å². The molecule has 228 valence electrons. The zero-order valence-electron chi connectivity index (χ0n) is 24.3. The summed E-state index contributed by atoms with van der Waals surface area (Å²) >= 11 is 0. The zero-order chi connectivity index (χ0) is 31.0. The van der Waals surface area contributed by atoms with Crippen LogP contribution in [0.2, 0.25) is 0 Å². The van der Waals surface area contributed by atoms with Crippen LogP contribution < -0.4 is 5.32 Å². The molecule has 1 heterocycles. The van der Waals surface area contributed by atoms with E-state index in [9.17, 15) is 26.4 Å². The highest BCUT2D eigenvalue weighted by Crippen LogP contribution is 2.64. The molecule has 0 unspecified atom stereocenters. The van der Waals surface area contributed by atoms with Gasteiger partial charge in [0.1, 0.15) is 4.75 Å². The number of nitrogens with one attached hydrogen (secondary N) is 1. The Morgan fingerprint density at radius 3 is 2.47 bits per heavy atom. The molecular weight excluding hydrogens is 577 g/mol. The van der Waals surface area contributed by atoms with Gasteiger partial charge >= 0.3 is 6.18 Å². The molecule has 2 aliphatic rings. The van der Waals surface area contributed by atoms with E-state index >= 15 is 0 Å². The third kappa shape index (κ3) is 5.92. The van der Waals surface area contributed by atoms with Gasteiger partial charge in [-0.2, -0.15) is 22.4 Å². The van der Waals surface area contributed by atoms with Crippen molar-refractivity contribution in [2.75, 3.05) is 20.6 Å². The summed E-state index contributed by atoms with van der Waals surface area (Å²) in [5.41, 5.74) is -0.247. The monoisotopic (exact) mass is 612 g/mol. The van der Waals surface area contributed by atoms with Crippen LogP contribution in [-0.2, 0) is 21.2 Å². The molecule has 11 heteroatoms. The molecule has 5 rings (SSSR count). The average molecular weight is 613 g/mol. The van der Waals surface area contributed by atoms with Gasteiger partial charge in [-0.05, 0) is 75.5 Å². The normalized spacial score (nSPS) is 20.9. The van der Waals surface area contributed by atoms with Crippen molar-refractivity contribution in [2.45, 2.75) is 49.6 Å². The summed E-state index contributed by atoms with van der Waals surface area (Å²) in [6, 6.07) is 13.5. The van der Waals surface area contributed by atoms with Crippen LogP contribution in [-0.4, -0.2) is 66.0 Å². The van der Waals surface area contributed by atoms with Gasteiger partial charge in [-0.25, -0.2) is 8.42 Å². The first-order valence-corrected chi connectivity index (χ1v) is 15.6. The molecule has 0 bridgehead atoms. The van der Waals surface area contributed by atoms with Crippen LogP contribution in [0.25, 0.3) is 16.5 Å². The van der Waals surface area contributed by atoms with Gasteiger partial charge in [0.2, 0.25) is 5.91 Å². The van der Waals surface area contributed by atoms with Crippen molar-refractivity contribution in [3.8, 4) is 0 Å². The van der Waals surface area contributed by atoms with Gasteiger partial charge in [-0.1, -0.05) is 60.7 Å². The molecule has 1 N–H and O–H groups in total. The summed E-state index contributed by atoms with van der Waals surface area (Å²) in [6.07, 6.45) is 5.98. The van der Waals surface area contributed by atoms with Gasteiger partial charge in [0, 0.05) is 24.0 Å². The summed E-state index contributed by atoms with van der Waals surface area (Å²) in [7, 11) is -0.0981. The molecule has 0 saturated heterocycles. The number of amides is 1. The number of likely N-dealkylation sites (N-methyl/N-ethyl adjacent to an activating group) is 1. The lowest BCUT2D eigenvalue weighted by molar-refractivity contribution is -0.168. The van der Waals surface area contributed by atoms with Crippen molar-refractivity contribution in [1.29, 1.82) is 0 Å². The summed E-state index contributed by atoms with van der Waals surface area (Å²) < 4.78 is 69.0. The lowest BCUT2D eigenvalue weighted by atomic mass is 9.88. The molecule has 1 saturated carbocycles. The van der Waals surface area contributed by atoms with Crippen LogP contribution in [0.4, 0.5) is 13.2 Å². The first-order valence-electron chi connectivity index (χ1n) is 14.1. The number of hydrogen-bond acceptors (Lipinski definition) is 5. The number of alkyl halides is 3. The van der Waals surface area contributed by atoms with Crippen LogP contribution in [0.1, 0.15) is 37.3 Å². The van der Waals surface area contributed by atoms with E-state index in [0.717, 1.165) is 15.7 Å². The Balaban J connectivity index is 1.32. The summed E-state index contributed by atoms with van der Waals surface area (Å²) in [6.45, 7) is 1.87. The van der Waals surface area contributed by atoms with E-state index in [2.05, 4.69) is 10.4 Å². The molecule has 1 fully saturated rings. The lowest BCUT2D eigenvalue weighted by Gasteiger charge is -2.26. The molecule has 1 amide bonds. The molecular formula is C32H35F3N4O3S. The van der Waals surface area contributed by atoms with Crippen molar-refractivity contribution in [3.05, 3.63) is 96.2 Å². The van der Waals surface area contributed by atoms with Crippen molar-refractivity contribution < 1.29 is 26.4 Å². The van der Waals surface area contributed by atoms with E-state index in [-0.39, 0.29) is 31.0 Å². The van der Waals surface area contributed by atoms with Crippen LogP contribution >= 0.6 is 0 Å². The summed E-state index contributed by atoms with van der Waals surface area (Å²) in [5.74, 6) is -0.580. The van der Waals surface area contributed by atoms with E-state index in [1.54, 1.807) is 55.5 Å². The third-order valence-corrected chi connectivity index (χ3v) is 10.7. The van der Waals surface area contributed by atoms with Crippen molar-refractivity contribution in [1.82, 2.24) is 19.4 Å². The topological polar surface area (TPSA) is 84.3 Å². The molecule has 3 aromatic rings. The second kappa shape index (κ2) is 11.4. The molecule has 2 aliphatic carbocycles. The molecule has 2 atom stereocenters. The summed E-state index contributed by atoms with van der Waals surface area (Å²) in [4.78, 5) is 14.9. The van der Waals surface area contributed by atoms with Gasteiger partial charge < -0.3 is 10.2 Å². The Labute approximate surface area is 249 Å². The molecule has 0 aliphatic heterocycles. The number of carbonyl (C=O) groups excluding carboxylic acids is 1. The van der Waals surface area contributed by atoms with E-state index in [1.807, 2.05) is 43.3 Å². The number of rotatable bonds is 10. The Kier molecular flexibility index (Phi) is 8.17. The van der Waals surface area contributed by atoms with Gasteiger partial charge in [0.05, 0.1) is 17.1 Å². The second-order valence-electron chi connectivity index (χ2n) is 11.8. The Morgan fingerprint density at radius 1 is 1.14 bits per heavy atom. The first-order chi connectivity index (χ1) is 20.3. The molecule has 2 aromatic carbocycles. The van der Waals surface area contributed by atoms with Crippen LogP contribution in [0, 0.1) is 5.41 Å². The fourth-order valence-corrected chi connectivity index (χ4v) is 7.08. The maximum Gasteiger partial charge on any atom is 0.398 e. The molecule has 7 nitrogen and oxygen atoms in total. The first kappa shape index (κ1) is 30.7. The number of aromatic nitrogens is 2. The minimum Gasteiger partial charge on any atom is -0.351 e. The van der Waals surface area contributed by atoms with Gasteiger partial charge in [0.25, 0.3) is 10.0 Å². The third-order valence-electron chi connectivity index (χ3n) is 8.52. The molecule has 0 spiro atoms. The van der Waals surface area contributed by atoms with Crippen LogP contribution in [0.3, 0.4) is 0 Å². The Morgan fingerprint density at radius 2 is 1.86 bits per heavy atom.